The predicted octanol–water partition coefficient (Wildman–Crippen LogP) is 3.97. The Kier molecular flexibility index (Phi) is 6.27. The molecule has 0 rings (SSSR count). The molecule has 0 radical (unpaired) electrons. The third kappa shape index (κ3) is 8.78. The average molecular weight is 315 g/mol. The van der Waals surface area contributed by atoms with Gasteiger partial charge in [-0.1, -0.05) is 0 Å². The van der Waals surface area contributed by atoms with E-state index < -0.39 is 6.29 Å². The quantitative estimate of drug-likeness (QED) is 0.569. The summed E-state index contributed by atoms with van der Waals surface area (Å²) in [4.78, 5) is 0. The summed E-state index contributed by atoms with van der Waals surface area (Å²) in [5, 5.41) is 0. The molecule has 0 aliphatic heterocycles. The zero-order chi connectivity index (χ0) is 13.0. The zero-order valence-electron chi connectivity index (χ0n) is 11.5. The van der Waals surface area contributed by atoms with E-state index in [4.69, 9.17) is 9.05 Å². The maximum atomic E-state index is 12.3. The summed E-state index contributed by atoms with van der Waals surface area (Å²) in [6.45, 7) is 13.3. The molecule has 0 saturated heterocycles. The molecule has 98 valence electrons. The molecule has 0 heterocycles. The van der Waals surface area contributed by atoms with Crippen LogP contribution in [0.5, 0.6) is 0 Å². The number of hydrogen-bond acceptors (Lipinski definition) is 3. The van der Waals surface area contributed by atoms with Gasteiger partial charge in [0, 0.05) is 0 Å². The Balaban J connectivity index is 4.28. The van der Waals surface area contributed by atoms with Gasteiger partial charge in [-0.15, -0.1) is 0 Å². The van der Waals surface area contributed by atoms with Gasteiger partial charge in [-0.2, -0.15) is 0 Å². The minimum atomic E-state index is -2.83. The van der Waals surface area contributed by atoms with Crippen LogP contribution in [0.3, 0.4) is 0 Å². The summed E-state index contributed by atoms with van der Waals surface area (Å²) in [5.41, 5.74) is 0.0397. The molecular formula is C11H25O3PSe. The van der Waals surface area contributed by atoms with E-state index in [0.29, 0.717) is 13.2 Å². The van der Waals surface area contributed by atoms with Crippen LogP contribution in [0.15, 0.2) is 0 Å². The molecule has 3 nitrogen and oxygen atoms in total. The van der Waals surface area contributed by atoms with E-state index in [-0.39, 0.29) is 25.3 Å². The van der Waals surface area contributed by atoms with Crippen molar-refractivity contribution >= 4 is 20.8 Å². The molecular weight excluding hydrogens is 290 g/mol. The Morgan fingerprint density at radius 1 is 0.938 bits per heavy atom. The molecule has 0 aromatic carbocycles. The first-order valence-corrected chi connectivity index (χ1v) is 10.9. The molecule has 0 unspecified atom stereocenters. The van der Waals surface area contributed by atoms with Crippen LogP contribution in [0.1, 0.15) is 41.5 Å². The monoisotopic (exact) mass is 316 g/mol. The van der Waals surface area contributed by atoms with E-state index >= 15 is 0 Å². The van der Waals surface area contributed by atoms with Crippen molar-refractivity contribution in [3.05, 3.63) is 0 Å². The minimum absolute atomic E-state index is 0.0198. The molecule has 0 aromatic heterocycles. The number of hydrogen-bond donors (Lipinski definition) is 0. The van der Waals surface area contributed by atoms with Crippen LogP contribution in [0.4, 0.5) is 0 Å². The van der Waals surface area contributed by atoms with Gasteiger partial charge in [-0.3, -0.25) is 0 Å². The van der Waals surface area contributed by atoms with Crippen LogP contribution in [0.2, 0.25) is 5.82 Å². The molecule has 0 spiro atoms. The third-order valence-corrected chi connectivity index (χ3v) is 7.01. The van der Waals surface area contributed by atoms with Crippen molar-refractivity contribution in [2.75, 3.05) is 13.2 Å². The summed E-state index contributed by atoms with van der Waals surface area (Å²) in [7, 11) is 0. The van der Waals surface area contributed by atoms with Crippen LogP contribution < -0.4 is 0 Å². The first-order valence-electron chi connectivity index (χ1n) is 5.42. The zero-order valence-corrected chi connectivity index (χ0v) is 14.1. The van der Waals surface area contributed by atoms with E-state index in [0.717, 1.165) is 0 Å². The second kappa shape index (κ2) is 6.02. The molecule has 0 aromatic rings. The summed E-state index contributed by atoms with van der Waals surface area (Å²) in [5.74, 6) is 1.90. The fourth-order valence-corrected chi connectivity index (χ4v) is 4.05. The SMILES string of the molecule is C[Se]P(=O)(OCC(C)(C)C)OCC(C)(C)C. The molecule has 0 saturated carbocycles. The first-order chi connectivity index (χ1) is 6.97. The van der Waals surface area contributed by atoms with Gasteiger partial charge >= 0.3 is 106 Å². The van der Waals surface area contributed by atoms with Crippen molar-refractivity contribution in [1.29, 1.82) is 0 Å². The standard InChI is InChI=1S/C11H25O3PSe/c1-10(2,3)8-13-15(12,16-7)14-9-11(4,5)6/h8-9H2,1-7H3. The second-order valence-electron chi connectivity index (χ2n) is 6.30. The summed E-state index contributed by atoms with van der Waals surface area (Å²) < 4.78 is 23.3. The van der Waals surface area contributed by atoms with Crippen molar-refractivity contribution in [1.82, 2.24) is 0 Å². The van der Waals surface area contributed by atoms with Gasteiger partial charge in [-0.25, -0.2) is 0 Å². The maximum absolute atomic E-state index is 12.3. The van der Waals surface area contributed by atoms with E-state index in [1.54, 1.807) is 0 Å². The molecule has 0 N–H and O–H groups in total. The third-order valence-electron chi connectivity index (χ3n) is 1.53. The van der Waals surface area contributed by atoms with Crippen LogP contribution >= 0.6 is 6.29 Å². The van der Waals surface area contributed by atoms with Crippen LogP contribution in [-0.4, -0.2) is 27.7 Å². The van der Waals surface area contributed by atoms with Gasteiger partial charge < -0.3 is 0 Å². The molecule has 0 aliphatic carbocycles. The van der Waals surface area contributed by atoms with Crippen molar-refractivity contribution in [2.24, 2.45) is 10.8 Å². The van der Waals surface area contributed by atoms with Gasteiger partial charge in [0.15, 0.2) is 0 Å². The van der Waals surface area contributed by atoms with E-state index in [9.17, 15) is 4.57 Å². The molecule has 0 amide bonds. The molecule has 0 atom stereocenters. The van der Waals surface area contributed by atoms with Gasteiger partial charge in [0.05, 0.1) is 0 Å². The Labute approximate surface area is 106 Å². The van der Waals surface area contributed by atoms with Gasteiger partial charge in [0.25, 0.3) is 0 Å². The molecule has 0 fully saturated rings. The van der Waals surface area contributed by atoms with E-state index in [1.807, 2.05) is 5.82 Å². The van der Waals surface area contributed by atoms with E-state index in [2.05, 4.69) is 41.5 Å². The fraction of sp³-hybridized carbons (Fsp3) is 1.00. The predicted molar refractivity (Wildman–Crippen MR) is 70.0 cm³/mol. The van der Waals surface area contributed by atoms with Gasteiger partial charge in [-0.05, 0) is 0 Å². The summed E-state index contributed by atoms with van der Waals surface area (Å²) in [6, 6.07) is 0. The van der Waals surface area contributed by atoms with Crippen molar-refractivity contribution in [3.63, 3.8) is 0 Å². The number of rotatable bonds is 5. The molecule has 0 aliphatic rings. The van der Waals surface area contributed by atoms with Gasteiger partial charge in [0.2, 0.25) is 0 Å². The fourth-order valence-electron chi connectivity index (χ4n) is 0.688. The second-order valence-corrected chi connectivity index (χ2v) is 13.2. The Bertz CT molecular complexity index is 231. The van der Waals surface area contributed by atoms with E-state index in [1.165, 1.54) is 0 Å². The Morgan fingerprint density at radius 3 is 1.44 bits per heavy atom. The van der Waals surface area contributed by atoms with Crippen LogP contribution in [0, 0.1) is 10.8 Å². The van der Waals surface area contributed by atoms with Crippen LogP contribution in [-0.2, 0) is 13.6 Å². The van der Waals surface area contributed by atoms with Crippen molar-refractivity contribution in [3.8, 4) is 0 Å². The topological polar surface area (TPSA) is 35.5 Å². The van der Waals surface area contributed by atoms with Crippen molar-refractivity contribution < 1.29 is 13.6 Å². The summed E-state index contributed by atoms with van der Waals surface area (Å²) >= 11 is -0.122. The first kappa shape index (κ1) is 16.7. The van der Waals surface area contributed by atoms with Crippen LogP contribution in [0.25, 0.3) is 0 Å². The average Bonchev–Trinajstić information content (AvgIpc) is 2.09. The normalized spacial score (nSPS) is 14.2. The Hall–Kier alpha value is 0.669. The molecule has 16 heavy (non-hydrogen) atoms. The molecule has 5 heteroatoms. The Morgan fingerprint density at radius 2 is 1.25 bits per heavy atom. The van der Waals surface area contributed by atoms with Gasteiger partial charge in [0.1, 0.15) is 0 Å². The van der Waals surface area contributed by atoms with Crippen molar-refractivity contribution in [2.45, 2.75) is 47.4 Å². The summed E-state index contributed by atoms with van der Waals surface area (Å²) in [6.07, 6.45) is -2.83. The molecule has 0 bridgehead atoms.